The third kappa shape index (κ3) is 3.87. The zero-order chi connectivity index (χ0) is 19.8. The highest BCUT2D eigenvalue weighted by Crippen LogP contribution is 2.37. The van der Waals surface area contributed by atoms with Crippen LogP contribution in [-0.2, 0) is 28.5 Å². The Morgan fingerprint density at radius 3 is 2.48 bits per heavy atom. The van der Waals surface area contributed by atoms with Crippen LogP contribution < -0.4 is 5.73 Å². The van der Waals surface area contributed by atoms with E-state index >= 15 is 0 Å². The van der Waals surface area contributed by atoms with Gasteiger partial charge in [0.25, 0.3) is 0 Å². The third-order valence-electron chi connectivity index (χ3n) is 5.57. The van der Waals surface area contributed by atoms with Crippen LogP contribution in [0.1, 0.15) is 44.9 Å². The molecule has 1 saturated carbocycles. The Kier molecular flexibility index (Phi) is 5.32. The number of urea groups is 1. The van der Waals surface area contributed by atoms with Gasteiger partial charge < -0.3 is 15.7 Å². The fraction of sp³-hybridized carbons (Fsp3) is 0.800. The molecule has 27 heavy (non-hydrogen) atoms. The summed E-state index contributed by atoms with van der Waals surface area (Å²) in [7, 11) is -4.65. The average molecular weight is 405 g/mol. The van der Waals surface area contributed by atoms with Crippen LogP contribution >= 0.6 is 0 Å². The van der Waals surface area contributed by atoms with Crippen molar-refractivity contribution in [3.05, 3.63) is 0 Å². The first-order valence-corrected chi connectivity index (χ1v) is 10.2. The van der Waals surface area contributed by atoms with Crippen LogP contribution in [0, 0.1) is 5.41 Å². The molecular weight excluding hydrogens is 382 g/mol. The van der Waals surface area contributed by atoms with E-state index in [4.69, 9.17) is 14.2 Å². The highest BCUT2D eigenvalue weighted by atomic mass is 32.3. The minimum atomic E-state index is -4.65. The monoisotopic (exact) mass is 405 g/mol. The molecule has 1 aliphatic carbocycles. The minimum Gasteiger partial charge on any atom is -0.481 e. The number of hydroxylamine groups is 2. The molecule has 2 heterocycles. The van der Waals surface area contributed by atoms with E-state index in [1.54, 1.807) is 0 Å². The molecule has 2 bridgehead atoms. The molecule has 0 radical (unpaired) electrons. The maximum Gasteiger partial charge on any atom is 0.421 e. The number of fused-ring (bicyclic) bond motifs is 2. The van der Waals surface area contributed by atoms with Crippen molar-refractivity contribution in [3.8, 4) is 0 Å². The van der Waals surface area contributed by atoms with Gasteiger partial charge in [0.05, 0.1) is 18.1 Å². The van der Waals surface area contributed by atoms with Gasteiger partial charge in [-0.15, -0.1) is 4.28 Å². The van der Waals surface area contributed by atoms with Crippen molar-refractivity contribution in [1.29, 1.82) is 0 Å². The Labute approximate surface area is 156 Å². The maximum atomic E-state index is 12.4. The van der Waals surface area contributed by atoms with Crippen LogP contribution in [-0.4, -0.2) is 66.6 Å². The molecule has 0 unspecified atom stereocenters. The van der Waals surface area contributed by atoms with Crippen LogP contribution in [0.3, 0.4) is 0 Å². The van der Waals surface area contributed by atoms with Gasteiger partial charge in [-0.25, -0.2) is 8.98 Å². The number of piperidine rings is 1. The number of carbonyl (C=O) groups excluding carboxylic acids is 2. The van der Waals surface area contributed by atoms with Crippen molar-refractivity contribution in [3.63, 3.8) is 0 Å². The highest BCUT2D eigenvalue weighted by molar-refractivity contribution is 7.81. The topological polar surface area (TPSA) is 157 Å². The van der Waals surface area contributed by atoms with Crippen molar-refractivity contribution in [1.82, 2.24) is 9.96 Å². The number of amides is 3. The average Bonchev–Trinajstić information content (AvgIpc) is 2.85. The predicted octanol–water partition coefficient (Wildman–Crippen LogP) is -0.0316. The predicted molar refractivity (Wildman–Crippen MR) is 89.1 cm³/mol. The smallest absolute Gasteiger partial charge is 0.421 e. The fourth-order valence-corrected chi connectivity index (χ4v) is 4.77. The SMILES string of the molecule is NC(=O)[C@@H]1CC[C@@H]2CN1C(=O)N2OS(=O)(=O)OCC1(C(=O)O)CCCCC1. The van der Waals surface area contributed by atoms with Crippen LogP contribution in [0.5, 0.6) is 0 Å². The quantitative estimate of drug-likeness (QED) is 0.598. The Morgan fingerprint density at radius 1 is 1.22 bits per heavy atom. The first-order chi connectivity index (χ1) is 12.7. The van der Waals surface area contributed by atoms with Crippen molar-refractivity contribution in [2.75, 3.05) is 13.2 Å². The van der Waals surface area contributed by atoms with E-state index in [9.17, 15) is 27.9 Å². The molecule has 3 aliphatic rings. The summed E-state index contributed by atoms with van der Waals surface area (Å²) in [6.07, 6.45) is 3.53. The first kappa shape index (κ1) is 19.8. The zero-order valence-electron chi connectivity index (χ0n) is 14.7. The molecule has 2 atom stereocenters. The lowest BCUT2D eigenvalue weighted by Gasteiger charge is -2.32. The third-order valence-corrected chi connectivity index (χ3v) is 6.32. The molecule has 0 aromatic heterocycles. The Bertz CT molecular complexity index is 733. The summed E-state index contributed by atoms with van der Waals surface area (Å²) in [6.45, 7) is -0.425. The van der Waals surface area contributed by atoms with Crippen molar-refractivity contribution in [2.45, 2.75) is 57.0 Å². The second kappa shape index (κ2) is 7.24. The largest absolute Gasteiger partial charge is 0.481 e. The van der Waals surface area contributed by atoms with E-state index < -0.39 is 52.4 Å². The summed E-state index contributed by atoms with van der Waals surface area (Å²) >= 11 is 0. The van der Waals surface area contributed by atoms with Crippen LogP contribution in [0.25, 0.3) is 0 Å². The molecular formula is C15H23N3O8S. The number of carboxylic acids is 1. The van der Waals surface area contributed by atoms with Gasteiger partial charge in [0.1, 0.15) is 6.04 Å². The zero-order valence-corrected chi connectivity index (χ0v) is 15.5. The summed E-state index contributed by atoms with van der Waals surface area (Å²) in [5.74, 6) is -1.77. The van der Waals surface area contributed by atoms with E-state index in [-0.39, 0.29) is 6.54 Å². The number of hydrogen-bond donors (Lipinski definition) is 2. The molecule has 3 amide bonds. The summed E-state index contributed by atoms with van der Waals surface area (Å²) in [4.78, 5) is 36.6. The summed E-state index contributed by atoms with van der Waals surface area (Å²) < 4.78 is 34.1. The van der Waals surface area contributed by atoms with Gasteiger partial charge in [-0.2, -0.15) is 13.5 Å². The van der Waals surface area contributed by atoms with Gasteiger partial charge in [-0.05, 0) is 25.7 Å². The molecule has 3 rings (SSSR count). The molecule has 2 aliphatic heterocycles. The maximum absolute atomic E-state index is 12.4. The number of nitrogens with two attached hydrogens (primary N) is 1. The lowest BCUT2D eigenvalue weighted by atomic mass is 9.75. The fourth-order valence-electron chi connectivity index (χ4n) is 3.98. The molecule has 0 aromatic carbocycles. The Balaban J connectivity index is 1.65. The van der Waals surface area contributed by atoms with Crippen LogP contribution in [0.2, 0.25) is 0 Å². The number of carboxylic acid groups (broad SMARTS) is 1. The van der Waals surface area contributed by atoms with E-state index in [1.165, 1.54) is 4.90 Å². The van der Waals surface area contributed by atoms with Gasteiger partial charge in [0.2, 0.25) is 5.91 Å². The minimum absolute atomic E-state index is 0.126. The van der Waals surface area contributed by atoms with Crippen molar-refractivity contribution < 1.29 is 36.4 Å². The van der Waals surface area contributed by atoms with Crippen LogP contribution in [0.15, 0.2) is 0 Å². The lowest BCUT2D eigenvalue weighted by Crippen LogP contribution is -2.47. The lowest BCUT2D eigenvalue weighted by molar-refractivity contribution is -0.153. The summed E-state index contributed by atoms with van der Waals surface area (Å²) in [5.41, 5.74) is 3.99. The van der Waals surface area contributed by atoms with Gasteiger partial charge in [0.15, 0.2) is 0 Å². The summed E-state index contributed by atoms with van der Waals surface area (Å²) in [6, 6.07) is -2.13. The Hall–Kier alpha value is -1.92. The molecule has 3 fully saturated rings. The highest BCUT2D eigenvalue weighted by Gasteiger charge is 2.49. The first-order valence-electron chi connectivity index (χ1n) is 8.87. The van der Waals surface area contributed by atoms with Gasteiger partial charge in [0, 0.05) is 6.54 Å². The van der Waals surface area contributed by atoms with E-state index in [0.29, 0.717) is 43.6 Å². The van der Waals surface area contributed by atoms with Crippen molar-refractivity contribution >= 4 is 28.3 Å². The normalized spacial score (nSPS) is 27.6. The van der Waals surface area contributed by atoms with E-state index in [2.05, 4.69) is 0 Å². The molecule has 0 spiro atoms. The standard InChI is InChI=1S/C15H23N3O8S/c16-12(19)11-5-4-10-8-17(11)14(22)18(10)26-27(23,24)25-9-15(13(20)21)6-2-1-3-7-15/h10-11H,1-9H2,(H2,16,19)(H,20,21)/t10-,11+/m1/s1. The van der Waals surface area contributed by atoms with Gasteiger partial charge in [-0.3, -0.25) is 9.59 Å². The van der Waals surface area contributed by atoms with E-state index in [0.717, 1.165) is 6.42 Å². The van der Waals surface area contributed by atoms with Crippen LogP contribution in [0.4, 0.5) is 4.79 Å². The molecule has 0 aromatic rings. The number of aliphatic carboxylic acids is 1. The second-order valence-electron chi connectivity index (χ2n) is 7.30. The second-order valence-corrected chi connectivity index (χ2v) is 8.50. The number of hydrogen-bond acceptors (Lipinski definition) is 7. The van der Waals surface area contributed by atoms with Crippen molar-refractivity contribution in [2.24, 2.45) is 11.1 Å². The molecule has 3 N–H and O–H groups in total. The van der Waals surface area contributed by atoms with Gasteiger partial charge in [-0.1, -0.05) is 19.3 Å². The molecule has 11 nitrogen and oxygen atoms in total. The molecule has 12 heteroatoms. The Morgan fingerprint density at radius 2 is 1.89 bits per heavy atom. The molecule has 152 valence electrons. The number of rotatable bonds is 7. The number of carbonyl (C=O) groups is 3. The van der Waals surface area contributed by atoms with Gasteiger partial charge >= 0.3 is 22.4 Å². The van der Waals surface area contributed by atoms with E-state index in [1.807, 2.05) is 0 Å². The molecule has 2 saturated heterocycles. The summed E-state index contributed by atoms with van der Waals surface area (Å²) in [5, 5.41) is 10.2. The number of nitrogens with zero attached hydrogens (tertiary/aromatic N) is 2. The number of primary amides is 1.